The molecule has 0 aliphatic carbocycles. The number of thioether (sulfide) groups is 1. The first-order valence-corrected chi connectivity index (χ1v) is 7.75. The average molecular weight is 283 g/mol. The Morgan fingerprint density at radius 1 is 1.39 bits per heavy atom. The van der Waals surface area contributed by atoms with Crippen LogP contribution in [0.4, 0.5) is 0 Å². The molecular weight excluding hydrogens is 266 g/mol. The second-order valence-corrected chi connectivity index (χ2v) is 5.92. The molecule has 0 unspecified atom stereocenters. The van der Waals surface area contributed by atoms with Gasteiger partial charge < -0.3 is 9.73 Å². The lowest BCUT2D eigenvalue weighted by Gasteiger charge is -1.99. The maximum Gasteiger partial charge on any atom is 0.170 e. The fourth-order valence-corrected chi connectivity index (χ4v) is 2.99. The molecule has 0 spiro atoms. The molecule has 0 saturated heterocycles. The number of rotatable bonds is 7. The highest BCUT2D eigenvalue weighted by atomic mass is 32.2. The lowest BCUT2D eigenvalue weighted by atomic mass is 10.4. The second kappa shape index (κ2) is 6.92. The van der Waals surface area contributed by atoms with Crippen molar-refractivity contribution in [3.63, 3.8) is 0 Å². The number of furan rings is 1. The topological polar surface area (TPSA) is 51.0 Å². The Bertz CT molecular complexity index is 481. The molecular formula is C12H17N3OS2. The minimum atomic E-state index is 0.802. The second-order valence-electron chi connectivity index (χ2n) is 3.94. The van der Waals surface area contributed by atoms with Crippen molar-refractivity contribution in [3.8, 4) is 0 Å². The fraction of sp³-hybridized carbons (Fsp3) is 0.500. The van der Waals surface area contributed by atoms with Crippen LogP contribution in [0.15, 0.2) is 20.9 Å². The van der Waals surface area contributed by atoms with Gasteiger partial charge >= 0.3 is 0 Å². The number of hydrogen-bond acceptors (Lipinski definition) is 6. The fourth-order valence-electron chi connectivity index (χ4n) is 1.45. The average Bonchev–Trinajstić information content (AvgIpc) is 2.96. The zero-order valence-electron chi connectivity index (χ0n) is 10.6. The van der Waals surface area contributed by atoms with E-state index in [1.807, 2.05) is 19.1 Å². The first-order valence-electron chi connectivity index (χ1n) is 5.99. The zero-order chi connectivity index (χ0) is 12.8. The van der Waals surface area contributed by atoms with Crippen LogP contribution >= 0.6 is 23.3 Å². The molecule has 0 aromatic carbocycles. The summed E-state index contributed by atoms with van der Waals surface area (Å²) in [6, 6.07) is 4.06. The van der Waals surface area contributed by atoms with Crippen LogP contribution < -0.4 is 5.32 Å². The predicted molar refractivity (Wildman–Crippen MR) is 74.9 cm³/mol. The third kappa shape index (κ3) is 4.12. The summed E-state index contributed by atoms with van der Waals surface area (Å²) in [5, 5.41) is 3.32. The normalized spacial score (nSPS) is 11.0. The summed E-state index contributed by atoms with van der Waals surface area (Å²) in [5.74, 6) is 3.63. The number of nitrogens with one attached hydrogen (secondary N) is 1. The number of aryl methyl sites for hydroxylation is 1. The van der Waals surface area contributed by atoms with Crippen LogP contribution in [-0.4, -0.2) is 15.9 Å². The van der Waals surface area contributed by atoms with Gasteiger partial charge in [0.1, 0.15) is 17.3 Å². The summed E-state index contributed by atoms with van der Waals surface area (Å²) in [6.45, 7) is 5.89. The van der Waals surface area contributed by atoms with Gasteiger partial charge in [0.05, 0.1) is 12.3 Å². The quantitative estimate of drug-likeness (QED) is 0.624. The molecule has 0 bridgehead atoms. The van der Waals surface area contributed by atoms with Crippen LogP contribution in [0, 0.1) is 6.92 Å². The highest BCUT2D eigenvalue weighted by Crippen LogP contribution is 2.25. The van der Waals surface area contributed by atoms with Crippen LogP contribution in [0.5, 0.6) is 0 Å². The Balaban J connectivity index is 1.79. The van der Waals surface area contributed by atoms with Crippen molar-refractivity contribution in [1.82, 2.24) is 14.7 Å². The highest BCUT2D eigenvalue weighted by Gasteiger charge is 2.05. The summed E-state index contributed by atoms with van der Waals surface area (Å²) < 4.78 is 10.9. The Morgan fingerprint density at radius 3 is 2.94 bits per heavy atom. The monoisotopic (exact) mass is 283 g/mol. The maximum absolute atomic E-state index is 5.73. The van der Waals surface area contributed by atoms with E-state index in [-0.39, 0.29) is 0 Å². The Hall–Kier alpha value is -0.850. The molecule has 0 aliphatic rings. The lowest BCUT2D eigenvalue weighted by Crippen LogP contribution is -2.12. The number of nitrogens with zero attached hydrogens (tertiary/aromatic N) is 2. The largest absolute Gasteiger partial charge is 0.464 e. The molecule has 0 aliphatic heterocycles. The van der Waals surface area contributed by atoms with Gasteiger partial charge in [0.15, 0.2) is 4.34 Å². The van der Waals surface area contributed by atoms with E-state index >= 15 is 0 Å². The Morgan fingerprint density at radius 2 is 2.22 bits per heavy atom. The van der Waals surface area contributed by atoms with Gasteiger partial charge in [-0.2, -0.15) is 4.37 Å². The third-order valence-corrected chi connectivity index (χ3v) is 4.24. The van der Waals surface area contributed by atoms with Crippen LogP contribution in [0.1, 0.15) is 30.7 Å². The molecule has 0 saturated carbocycles. The molecule has 98 valence electrons. The van der Waals surface area contributed by atoms with Crippen molar-refractivity contribution in [2.24, 2.45) is 0 Å². The molecule has 0 atom stereocenters. The smallest absolute Gasteiger partial charge is 0.170 e. The SMILES string of the molecule is CCCNCc1ccc(CSc2nc(C)ns2)o1. The third-order valence-electron chi connectivity index (χ3n) is 2.29. The summed E-state index contributed by atoms with van der Waals surface area (Å²) >= 11 is 3.11. The van der Waals surface area contributed by atoms with E-state index in [2.05, 4.69) is 21.6 Å². The Kier molecular flexibility index (Phi) is 5.22. The van der Waals surface area contributed by atoms with Gasteiger partial charge in [0.25, 0.3) is 0 Å². The van der Waals surface area contributed by atoms with Crippen LogP contribution in [0.2, 0.25) is 0 Å². The molecule has 2 heterocycles. The first-order chi connectivity index (χ1) is 8.78. The van der Waals surface area contributed by atoms with Gasteiger partial charge in [0.2, 0.25) is 0 Å². The van der Waals surface area contributed by atoms with Crippen molar-refractivity contribution >= 4 is 23.3 Å². The van der Waals surface area contributed by atoms with Crippen molar-refractivity contribution in [2.75, 3.05) is 6.54 Å². The molecule has 2 aromatic rings. The van der Waals surface area contributed by atoms with Crippen LogP contribution in [0.3, 0.4) is 0 Å². The molecule has 2 aromatic heterocycles. The van der Waals surface area contributed by atoms with E-state index in [1.54, 1.807) is 11.8 Å². The van der Waals surface area contributed by atoms with Gasteiger partial charge in [-0.05, 0) is 43.6 Å². The summed E-state index contributed by atoms with van der Waals surface area (Å²) in [6.07, 6.45) is 1.14. The summed E-state index contributed by atoms with van der Waals surface area (Å²) in [4.78, 5) is 4.31. The van der Waals surface area contributed by atoms with Gasteiger partial charge in [0, 0.05) is 0 Å². The van der Waals surface area contributed by atoms with E-state index in [9.17, 15) is 0 Å². The van der Waals surface area contributed by atoms with E-state index in [0.29, 0.717) is 0 Å². The Labute approximate surface area is 115 Å². The van der Waals surface area contributed by atoms with Gasteiger partial charge in [-0.1, -0.05) is 18.7 Å². The van der Waals surface area contributed by atoms with Crippen molar-refractivity contribution in [3.05, 3.63) is 29.5 Å². The van der Waals surface area contributed by atoms with Gasteiger partial charge in [-0.15, -0.1) is 0 Å². The van der Waals surface area contributed by atoms with E-state index in [1.165, 1.54) is 11.5 Å². The summed E-state index contributed by atoms with van der Waals surface area (Å²) in [5.41, 5.74) is 0. The number of aromatic nitrogens is 2. The molecule has 6 heteroatoms. The first kappa shape index (κ1) is 13.6. The minimum Gasteiger partial charge on any atom is -0.464 e. The van der Waals surface area contributed by atoms with Crippen LogP contribution in [0.25, 0.3) is 0 Å². The maximum atomic E-state index is 5.73. The van der Waals surface area contributed by atoms with Gasteiger partial charge in [-0.3, -0.25) is 0 Å². The molecule has 2 rings (SSSR count). The molecule has 0 fully saturated rings. The molecule has 0 radical (unpaired) electrons. The van der Waals surface area contributed by atoms with Crippen molar-refractivity contribution in [2.45, 2.75) is 36.9 Å². The highest BCUT2D eigenvalue weighted by molar-refractivity contribution is 8.00. The van der Waals surface area contributed by atoms with E-state index in [0.717, 1.165) is 46.9 Å². The molecule has 4 nitrogen and oxygen atoms in total. The van der Waals surface area contributed by atoms with Crippen molar-refractivity contribution < 1.29 is 4.42 Å². The van der Waals surface area contributed by atoms with Gasteiger partial charge in [-0.25, -0.2) is 4.98 Å². The molecule has 1 N–H and O–H groups in total. The minimum absolute atomic E-state index is 0.802. The van der Waals surface area contributed by atoms with Crippen molar-refractivity contribution in [1.29, 1.82) is 0 Å². The van der Waals surface area contributed by atoms with E-state index in [4.69, 9.17) is 4.42 Å². The van der Waals surface area contributed by atoms with Crippen LogP contribution in [-0.2, 0) is 12.3 Å². The predicted octanol–water partition coefficient (Wildman–Crippen LogP) is 3.23. The number of hydrogen-bond donors (Lipinski definition) is 1. The molecule has 0 amide bonds. The summed E-state index contributed by atoms with van der Waals surface area (Å²) in [7, 11) is 0. The van der Waals surface area contributed by atoms with E-state index < -0.39 is 0 Å². The lowest BCUT2D eigenvalue weighted by molar-refractivity contribution is 0.459. The molecule has 18 heavy (non-hydrogen) atoms. The zero-order valence-corrected chi connectivity index (χ0v) is 12.2. The standard InChI is InChI=1S/C12H17N3OS2/c1-3-6-13-7-10-4-5-11(16-10)8-17-12-14-9(2)15-18-12/h4-5,13H,3,6-8H2,1-2H3.